The lowest BCUT2D eigenvalue weighted by Gasteiger charge is -2.14. The highest BCUT2D eigenvalue weighted by Crippen LogP contribution is 2.24. The van der Waals surface area contributed by atoms with Gasteiger partial charge in [0.2, 0.25) is 11.8 Å². The van der Waals surface area contributed by atoms with E-state index < -0.39 is 0 Å². The molecule has 2 amide bonds. The van der Waals surface area contributed by atoms with Crippen molar-refractivity contribution >= 4 is 42.3 Å². The third kappa shape index (κ3) is 5.17. The molecule has 1 aromatic heterocycles. The normalized spacial score (nSPS) is 12.2. The smallest absolute Gasteiger partial charge is 0.243 e. The van der Waals surface area contributed by atoms with Gasteiger partial charge >= 0.3 is 0 Å². The zero-order chi connectivity index (χ0) is 16.9. The summed E-state index contributed by atoms with van der Waals surface area (Å²) < 4.78 is 2.15. The van der Waals surface area contributed by atoms with Crippen molar-refractivity contribution in [3.63, 3.8) is 0 Å². The quantitative estimate of drug-likeness (QED) is 0.695. The summed E-state index contributed by atoms with van der Waals surface area (Å²) in [4.78, 5) is 22.8. The fraction of sp³-hybridized carbons (Fsp3) is 0.375. The average Bonchev–Trinajstić information content (AvgIpc) is 3.04. The number of carbonyl (C=O) groups is 2. The first-order chi connectivity index (χ1) is 11.7. The number of rotatable bonds is 5. The maximum atomic E-state index is 11.7. The van der Waals surface area contributed by atoms with Crippen molar-refractivity contribution < 1.29 is 9.59 Å². The lowest BCUT2D eigenvalue weighted by Crippen LogP contribution is -2.36. The van der Waals surface area contributed by atoms with Gasteiger partial charge in [0.15, 0.2) is 5.82 Å². The standard InChI is InChI=1S/C16H20N6O2.2ClH/c17-9-14(23)18-10-15(24)19-12-6-4-11(5-7-12)16-21-20-13-3-1-2-8-22(13)16;;/h4-7H,1-3,8-10,17H2,(H,18,23)(H,19,24);2*1H. The van der Waals surface area contributed by atoms with E-state index >= 15 is 0 Å². The molecule has 2 heterocycles. The minimum Gasteiger partial charge on any atom is -0.346 e. The molecule has 2 aromatic rings. The molecule has 142 valence electrons. The average molecular weight is 401 g/mol. The Hall–Kier alpha value is -2.16. The van der Waals surface area contributed by atoms with Crippen molar-refractivity contribution in [3.8, 4) is 11.4 Å². The lowest BCUT2D eigenvalue weighted by atomic mass is 10.1. The fourth-order valence-electron chi connectivity index (χ4n) is 2.68. The topological polar surface area (TPSA) is 115 Å². The minimum absolute atomic E-state index is 0. The van der Waals surface area contributed by atoms with Gasteiger partial charge in [0, 0.05) is 24.2 Å². The Morgan fingerprint density at radius 2 is 1.81 bits per heavy atom. The number of carbonyl (C=O) groups excluding carboxylic acids is 2. The van der Waals surface area contributed by atoms with Gasteiger partial charge in [-0.25, -0.2) is 0 Å². The molecule has 0 saturated heterocycles. The number of hydrogen-bond acceptors (Lipinski definition) is 5. The van der Waals surface area contributed by atoms with Crippen molar-refractivity contribution in [2.75, 3.05) is 18.4 Å². The summed E-state index contributed by atoms with van der Waals surface area (Å²) in [6.07, 6.45) is 3.26. The first kappa shape index (κ1) is 21.9. The summed E-state index contributed by atoms with van der Waals surface area (Å²) >= 11 is 0. The molecule has 0 unspecified atom stereocenters. The second-order valence-corrected chi connectivity index (χ2v) is 5.65. The molecule has 1 aromatic carbocycles. The molecule has 10 heteroatoms. The molecule has 4 N–H and O–H groups in total. The van der Waals surface area contributed by atoms with Crippen LogP contribution < -0.4 is 16.4 Å². The number of fused-ring (bicyclic) bond motifs is 1. The maximum Gasteiger partial charge on any atom is 0.243 e. The van der Waals surface area contributed by atoms with Crippen LogP contribution in [0.25, 0.3) is 11.4 Å². The minimum atomic E-state index is -0.364. The number of benzene rings is 1. The van der Waals surface area contributed by atoms with Crippen LogP contribution in [0.1, 0.15) is 18.7 Å². The number of nitrogens with one attached hydrogen (secondary N) is 2. The third-order valence-corrected chi connectivity index (χ3v) is 3.92. The first-order valence-electron chi connectivity index (χ1n) is 7.96. The summed E-state index contributed by atoms with van der Waals surface area (Å²) in [6.45, 7) is 0.705. The third-order valence-electron chi connectivity index (χ3n) is 3.92. The van der Waals surface area contributed by atoms with Gasteiger partial charge in [0.1, 0.15) is 5.82 Å². The van der Waals surface area contributed by atoms with Gasteiger partial charge in [-0.15, -0.1) is 35.0 Å². The molecule has 26 heavy (non-hydrogen) atoms. The highest BCUT2D eigenvalue weighted by Gasteiger charge is 2.16. The molecule has 0 fully saturated rings. The molecule has 0 bridgehead atoms. The molecule has 0 atom stereocenters. The predicted molar refractivity (Wildman–Crippen MR) is 104 cm³/mol. The van der Waals surface area contributed by atoms with Crippen LogP contribution in [0.15, 0.2) is 24.3 Å². The molecule has 3 rings (SSSR count). The van der Waals surface area contributed by atoms with Crippen LogP contribution in [0, 0.1) is 0 Å². The number of aryl methyl sites for hydroxylation is 1. The maximum absolute atomic E-state index is 11.7. The van der Waals surface area contributed by atoms with Crippen LogP contribution >= 0.6 is 24.8 Å². The van der Waals surface area contributed by atoms with Crippen molar-refractivity contribution in [2.24, 2.45) is 5.73 Å². The van der Waals surface area contributed by atoms with Gasteiger partial charge in [0.05, 0.1) is 13.1 Å². The van der Waals surface area contributed by atoms with E-state index in [1.165, 1.54) is 0 Å². The molecular formula is C16H22Cl2N6O2. The summed E-state index contributed by atoms with van der Waals surface area (Å²) in [6, 6.07) is 7.42. The van der Waals surface area contributed by atoms with E-state index in [0.29, 0.717) is 5.69 Å². The number of amides is 2. The highest BCUT2D eigenvalue weighted by molar-refractivity contribution is 5.94. The Kier molecular flexibility index (Phi) is 8.50. The number of anilines is 1. The van der Waals surface area contributed by atoms with Crippen molar-refractivity contribution in [3.05, 3.63) is 30.1 Å². The Morgan fingerprint density at radius 1 is 1.08 bits per heavy atom. The highest BCUT2D eigenvalue weighted by atomic mass is 35.5. The number of nitrogens with two attached hydrogens (primary N) is 1. The Bertz CT molecular complexity index is 748. The molecule has 0 spiro atoms. The van der Waals surface area contributed by atoms with E-state index in [1.54, 1.807) is 0 Å². The van der Waals surface area contributed by atoms with Gasteiger partial charge < -0.3 is 20.9 Å². The van der Waals surface area contributed by atoms with Gasteiger partial charge in [-0.1, -0.05) is 0 Å². The van der Waals surface area contributed by atoms with Crippen LogP contribution in [0.2, 0.25) is 0 Å². The summed E-state index contributed by atoms with van der Waals surface area (Å²) in [7, 11) is 0. The van der Waals surface area contributed by atoms with E-state index in [-0.39, 0.29) is 49.7 Å². The van der Waals surface area contributed by atoms with E-state index in [1.807, 2.05) is 24.3 Å². The Morgan fingerprint density at radius 3 is 2.50 bits per heavy atom. The fourth-order valence-corrected chi connectivity index (χ4v) is 2.68. The largest absolute Gasteiger partial charge is 0.346 e. The van der Waals surface area contributed by atoms with Crippen LogP contribution in [-0.4, -0.2) is 39.7 Å². The van der Waals surface area contributed by atoms with Crippen LogP contribution in [0.4, 0.5) is 5.69 Å². The van der Waals surface area contributed by atoms with Crippen molar-refractivity contribution in [2.45, 2.75) is 25.8 Å². The van der Waals surface area contributed by atoms with Crippen LogP contribution in [-0.2, 0) is 22.6 Å². The molecule has 8 nitrogen and oxygen atoms in total. The van der Waals surface area contributed by atoms with E-state index in [9.17, 15) is 9.59 Å². The number of hydrogen-bond donors (Lipinski definition) is 3. The molecule has 1 aliphatic heterocycles. The molecule has 0 radical (unpaired) electrons. The summed E-state index contributed by atoms with van der Waals surface area (Å²) in [5.74, 6) is 1.23. The van der Waals surface area contributed by atoms with Gasteiger partial charge in [-0.05, 0) is 37.1 Å². The van der Waals surface area contributed by atoms with Crippen LogP contribution in [0.5, 0.6) is 0 Å². The molecule has 0 saturated carbocycles. The number of aromatic nitrogens is 3. The molecule has 1 aliphatic rings. The second-order valence-electron chi connectivity index (χ2n) is 5.65. The van der Waals surface area contributed by atoms with E-state index in [4.69, 9.17) is 5.73 Å². The second kappa shape index (κ2) is 10.1. The molecule has 0 aliphatic carbocycles. The predicted octanol–water partition coefficient (Wildman–Crippen LogP) is 1.14. The number of nitrogens with zero attached hydrogens (tertiary/aromatic N) is 3. The molecular weight excluding hydrogens is 379 g/mol. The zero-order valence-electron chi connectivity index (χ0n) is 14.1. The van der Waals surface area contributed by atoms with Gasteiger partial charge in [-0.3, -0.25) is 9.59 Å². The van der Waals surface area contributed by atoms with E-state index in [0.717, 1.165) is 43.0 Å². The van der Waals surface area contributed by atoms with Gasteiger partial charge in [0.25, 0.3) is 0 Å². The Labute approximate surface area is 163 Å². The monoisotopic (exact) mass is 400 g/mol. The first-order valence-corrected chi connectivity index (χ1v) is 7.96. The Balaban J connectivity index is 0.00000169. The summed E-state index contributed by atoms with van der Waals surface area (Å²) in [5, 5.41) is 13.7. The summed E-state index contributed by atoms with van der Waals surface area (Å²) in [5.41, 5.74) is 6.79. The SMILES string of the molecule is Cl.Cl.NCC(=O)NCC(=O)Nc1ccc(-c2nnc3n2CCCC3)cc1. The van der Waals surface area contributed by atoms with Crippen LogP contribution in [0.3, 0.4) is 0 Å². The zero-order valence-corrected chi connectivity index (χ0v) is 15.7. The van der Waals surface area contributed by atoms with E-state index in [2.05, 4.69) is 25.4 Å². The van der Waals surface area contributed by atoms with Crippen molar-refractivity contribution in [1.82, 2.24) is 20.1 Å². The lowest BCUT2D eigenvalue weighted by molar-refractivity contribution is -0.123. The van der Waals surface area contributed by atoms with Crippen molar-refractivity contribution in [1.29, 1.82) is 0 Å². The van der Waals surface area contributed by atoms with Gasteiger partial charge in [-0.2, -0.15) is 0 Å². The number of halogens is 2.